The van der Waals surface area contributed by atoms with E-state index in [4.69, 9.17) is 9.52 Å². The highest BCUT2D eigenvalue weighted by Gasteiger charge is 2.17. The van der Waals surface area contributed by atoms with Gasteiger partial charge in [-0.1, -0.05) is 6.07 Å². The Labute approximate surface area is 118 Å². The Kier molecular flexibility index (Phi) is 2.86. The molecule has 0 saturated carbocycles. The normalized spacial score (nSPS) is 12.6. The second kappa shape index (κ2) is 4.59. The Morgan fingerprint density at radius 3 is 2.43 bits per heavy atom. The predicted molar refractivity (Wildman–Crippen MR) is 76.4 cm³/mol. The fraction of sp³-hybridized carbons (Fsp3) is 0.133. The highest BCUT2D eigenvalue weighted by atomic mass is 16.6. The summed E-state index contributed by atoms with van der Waals surface area (Å²) < 4.78 is 5.61. The van der Waals surface area contributed by atoms with Crippen LogP contribution in [0.3, 0.4) is 0 Å². The van der Waals surface area contributed by atoms with E-state index in [1.165, 1.54) is 12.1 Å². The molecule has 1 atom stereocenters. The fourth-order valence-electron chi connectivity index (χ4n) is 2.31. The number of aliphatic carboxylic acids is 1. The van der Waals surface area contributed by atoms with Crippen LogP contribution in [0.4, 0.5) is 5.69 Å². The molecule has 1 unspecified atom stereocenters. The lowest BCUT2D eigenvalue weighted by Gasteiger charge is -2.05. The van der Waals surface area contributed by atoms with Gasteiger partial charge in [0.15, 0.2) is 0 Å². The van der Waals surface area contributed by atoms with Crippen LogP contribution in [0.5, 0.6) is 0 Å². The van der Waals surface area contributed by atoms with Crippen molar-refractivity contribution in [2.45, 2.75) is 12.8 Å². The van der Waals surface area contributed by atoms with Gasteiger partial charge in [0.1, 0.15) is 11.2 Å². The molecule has 0 radical (unpaired) electrons. The van der Waals surface area contributed by atoms with Crippen molar-refractivity contribution in [3.63, 3.8) is 0 Å². The number of fused-ring (bicyclic) bond motifs is 3. The molecule has 0 aliphatic rings. The van der Waals surface area contributed by atoms with Gasteiger partial charge in [-0.15, -0.1) is 0 Å². The Morgan fingerprint density at radius 2 is 1.81 bits per heavy atom. The van der Waals surface area contributed by atoms with E-state index in [-0.39, 0.29) is 5.69 Å². The van der Waals surface area contributed by atoms with Crippen LogP contribution in [0.25, 0.3) is 21.9 Å². The van der Waals surface area contributed by atoms with Gasteiger partial charge in [-0.3, -0.25) is 14.9 Å². The first-order valence-corrected chi connectivity index (χ1v) is 6.31. The molecule has 6 nitrogen and oxygen atoms in total. The van der Waals surface area contributed by atoms with Crippen LogP contribution in [-0.2, 0) is 4.79 Å². The average molecular weight is 285 g/mol. The number of benzene rings is 2. The summed E-state index contributed by atoms with van der Waals surface area (Å²) in [6.07, 6.45) is 0. The van der Waals surface area contributed by atoms with Gasteiger partial charge in [0.05, 0.1) is 10.8 Å². The smallest absolute Gasteiger partial charge is 0.310 e. The Bertz CT molecular complexity index is 880. The maximum atomic E-state index is 11.1. The minimum absolute atomic E-state index is 0.0260. The fourth-order valence-corrected chi connectivity index (χ4v) is 2.31. The van der Waals surface area contributed by atoms with Gasteiger partial charge >= 0.3 is 5.97 Å². The SMILES string of the molecule is CC(C(=O)O)c1ccc2oc3ccc([N+](=O)[O-])cc3c2c1. The molecule has 1 aromatic heterocycles. The zero-order valence-electron chi connectivity index (χ0n) is 11.1. The number of carboxylic acids is 1. The molecule has 3 aromatic rings. The summed E-state index contributed by atoms with van der Waals surface area (Å²) in [5, 5.41) is 21.2. The second-order valence-electron chi connectivity index (χ2n) is 4.86. The number of carboxylic acid groups (broad SMARTS) is 1. The van der Waals surface area contributed by atoms with Gasteiger partial charge in [0, 0.05) is 22.9 Å². The monoisotopic (exact) mass is 285 g/mol. The molecular weight excluding hydrogens is 274 g/mol. The third-order valence-electron chi connectivity index (χ3n) is 3.56. The van der Waals surface area contributed by atoms with E-state index < -0.39 is 16.8 Å². The van der Waals surface area contributed by atoms with E-state index in [0.29, 0.717) is 27.5 Å². The van der Waals surface area contributed by atoms with Gasteiger partial charge < -0.3 is 9.52 Å². The first kappa shape index (κ1) is 13.1. The van der Waals surface area contributed by atoms with Crippen LogP contribution in [0, 0.1) is 10.1 Å². The van der Waals surface area contributed by atoms with Crippen molar-refractivity contribution in [3.05, 3.63) is 52.1 Å². The summed E-state index contributed by atoms with van der Waals surface area (Å²) in [5.74, 6) is -1.58. The third kappa shape index (κ3) is 2.10. The summed E-state index contributed by atoms with van der Waals surface area (Å²) >= 11 is 0. The molecule has 0 aliphatic heterocycles. The lowest BCUT2D eigenvalue weighted by atomic mass is 9.99. The number of furan rings is 1. The van der Waals surface area contributed by atoms with Crippen LogP contribution in [0.2, 0.25) is 0 Å². The number of hydrogen-bond donors (Lipinski definition) is 1. The molecule has 0 saturated heterocycles. The number of hydrogen-bond acceptors (Lipinski definition) is 4. The molecule has 0 aliphatic carbocycles. The molecule has 2 aromatic carbocycles. The van der Waals surface area contributed by atoms with Crippen LogP contribution in [-0.4, -0.2) is 16.0 Å². The van der Waals surface area contributed by atoms with Gasteiger partial charge in [0.2, 0.25) is 0 Å². The van der Waals surface area contributed by atoms with Crippen LogP contribution < -0.4 is 0 Å². The molecule has 0 amide bonds. The van der Waals surface area contributed by atoms with E-state index in [0.717, 1.165) is 0 Å². The number of rotatable bonds is 3. The third-order valence-corrected chi connectivity index (χ3v) is 3.56. The van der Waals surface area contributed by atoms with Crippen molar-refractivity contribution in [1.29, 1.82) is 0 Å². The maximum Gasteiger partial charge on any atom is 0.310 e. The predicted octanol–water partition coefficient (Wildman–Crippen LogP) is 3.68. The van der Waals surface area contributed by atoms with Crippen molar-refractivity contribution in [2.75, 3.05) is 0 Å². The minimum Gasteiger partial charge on any atom is -0.481 e. The summed E-state index contributed by atoms with van der Waals surface area (Å²) in [5.41, 5.74) is 1.72. The van der Waals surface area contributed by atoms with Crippen molar-refractivity contribution in [3.8, 4) is 0 Å². The molecule has 1 heterocycles. The highest BCUT2D eigenvalue weighted by molar-refractivity contribution is 6.06. The van der Waals surface area contributed by atoms with Gasteiger partial charge in [-0.25, -0.2) is 0 Å². The molecule has 21 heavy (non-hydrogen) atoms. The summed E-state index contributed by atoms with van der Waals surface area (Å²) in [7, 11) is 0. The van der Waals surface area contributed by atoms with Crippen LogP contribution >= 0.6 is 0 Å². The van der Waals surface area contributed by atoms with E-state index in [1.54, 1.807) is 31.2 Å². The molecule has 106 valence electrons. The molecule has 0 bridgehead atoms. The van der Waals surface area contributed by atoms with E-state index >= 15 is 0 Å². The lowest BCUT2D eigenvalue weighted by molar-refractivity contribution is -0.384. The molecule has 1 N–H and O–H groups in total. The van der Waals surface area contributed by atoms with Crippen molar-refractivity contribution in [2.24, 2.45) is 0 Å². The first-order chi connectivity index (χ1) is 9.97. The maximum absolute atomic E-state index is 11.1. The van der Waals surface area contributed by atoms with Gasteiger partial charge in [-0.2, -0.15) is 0 Å². The number of carbonyl (C=O) groups is 1. The van der Waals surface area contributed by atoms with E-state index in [9.17, 15) is 14.9 Å². The van der Waals surface area contributed by atoms with Gasteiger partial charge in [-0.05, 0) is 30.7 Å². The largest absolute Gasteiger partial charge is 0.481 e. The molecule has 0 spiro atoms. The van der Waals surface area contributed by atoms with Crippen LogP contribution in [0.1, 0.15) is 18.4 Å². The summed E-state index contributed by atoms with van der Waals surface area (Å²) in [6, 6.07) is 9.47. The molecule has 0 fully saturated rings. The summed E-state index contributed by atoms with van der Waals surface area (Å²) in [6.45, 7) is 1.59. The van der Waals surface area contributed by atoms with Crippen molar-refractivity contribution < 1.29 is 19.2 Å². The summed E-state index contributed by atoms with van der Waals surface area (Å²) in [4.78, 5) is 21.5. The number of nitro benzene ring substituents is 1. The zero-order chi connectivity index (χ0) is 15.1. The van der Waals surface area contributed by atoms with Crippen molar-refractivity contribution in [1.82, 2.24) is 0 Å². The van der Waals surface area contributed by atoms with E-state index in [2.05, 4.69) is 0 Å². The second-order valence-corrected chi connectivity index (χ2v) is 4.86. The minimum atomic E-state index is -0.923. The average Bonchev–Trinajstić information content (AvgIpc) is 2.82. The quantitative estimate of drug-likeness (QED) is 0.585. The number of non-ortho nitro benzene ring substituents is 1. The first-order valence-electron chi connectivity index (χ1n) is 6.31. The Hall–Kier alpha value is -2.89. The Morgan fingerprint density at radius 1 is 1.19 bits per heavy atom. The molecule has 6 heteroatoms. The Balaban J connectivity index is 2.27. The lowest BCUT2D eigenvalue weighted by Crippen LogP contribution is -2.06. The van der Waals surface area contributed by atoms with Gasteiger partial charge in [0.25, 0.3) is 5.69 Å². The standard InChI is InChI=1S/C15H11NO5/c1-8(15(17)18)9-2-4-13-11(6-9)12-7-10(16(19)20)3-5-14(12)21-13/h2-8H,1H3,(H,17,18). The number of nitrogens with zero attached hydrogens (tertiary/aromatic N) is 1. The number of nitro groups is 1. The zero-order valence-corrected chi connectivity index (χ0v) is 11.1. The topological polar surface area (TPSA) is 93.6 Å². The van der Waals surface area contributed by atoms with Crippen molar-refractivity contribution >= 4 is 33.6 Å². The molecule has 3 rings (SSSR count). The molecular formula is C15H11NO5. The van der Waals surface area contributed by atoms with E-state index in [1.807, 2.05) is 0 Å². The van der Waals surface area contributed by atoms with Crippen LogP contribution in [0.15, 0.2) is 40.8 Å². The highest BCUT2D eigenvalue weighted by Crippen LogP contribution is 2.33.